The molecule has 0 aliphatic carbocycles. The van der Waals surface area contributed by atoms with Crippen molar-refractivity contribution in [3.05, 3.63) is 0 Å². The summed E-state index contributed by atoms with van der Waals surface area (Å²) in [4.78, 5) is 0. The van der Waals surface area contributed by atoms with E-state index in [0.717, 1.165) is 13.2 Å². The number of hydrogen-bond donors (Lipinski definition) is 0. The number of nitrogens with zero attached hydrogens (tertiary/aromatic N) is 2. The maximum absolute atomic E-state index is 5.48. The monoisotopic (exact) mass is 160 g/mol. The zero-order valence-electron chi connectivity index (χ0n) is 7.00. The third kappa shape index (κ3) is 1.40. The van der Waals surface area contributed by atoms with Crippen LogP contribution in [0, 0.1) is 0 Å². The quantitative estimate of drug-likeness (QED) is 0.521. The van der Waals surface area contributed by atoms with E-state index in [1.54, 1.807) is 0 Å². The van der Waals surface area contributed by atoms with Crippen molar-refractivity contribution < 1.29 is 4.74 Å². The highest BCUT2D eigenvalue weighted by atomic mass is 28.2. The zero-order chi connectivity index (χ0) is 7.56. The Morgan fingerprint density at radius 1 is 1.50 bits per heavy atom. The van der Waals surface area contributed by atoms with Gasteiger partial charge < -0.3 is 4.74 Å². The van der Waals surface area contributed by atoms with Gasteiger partial charge in [-0.1, -0.05) is 6.92 Å². The average molecular weight is 160 g/mol. The predicted octanol–water partition coefficient (Wildman–Crippen LogP) is -0.427. The van der Waals surface area contributed by atoms with Crippen molar-refractivity contribution in [2.75, 3.05) is 20.2 Å². The lowest BCUT2D eigenvalue weighted by Crippen LogP contribution is -2.65. The van der Waals surface area contributed by atoms with Crippen LogP contribution in [0.4, 0.5) is 0 Å². The summed E-state index contributed by atoms with van der Waals surface area (Å²) in [5, 5.41) is 0. The van der Waals surface area contributed by atoms with Crippen molar-refractivity contribution in [2.24, 2.45) is 0 Å². The Bertz CT molecular complexity index is 112. The standard InChI is InChI=1S/C6H16N2OSi/c1-4-8-6(9-5-2)7(3)10-8/h6H,4-5,10H2,1-3H3. The van der Waals surface area contributed by atoms with Crippen LogP contribution < -0.4 is 0 Å². The summed E-state index contributed by atoms with van der Waals surface area (Å²) in [6.45, 7) is 6.19. The second-order valence-corrected chi connectivity index (χ2v) is 4.68. The van der Waals surface area contributed by atoms with E-state index in [2.05, 4.69) is 23.1 Å². The van der Waals surface area contributed by atoms with Crippen molar-refractivity contribution in [1.82, 2.24) is 9.13 Å². The van der Waals surface area contributed by atoms with Gasteiger partial charge in [-0.15, -0.1) is 0 Å². The van der Waals surface area contributed by atoms with Crippen molar-refractivity contribution in [3.8, 4) is 0 Å². The second kappa shape index (κ2) is 3.48. The van der Waals surface area contributed by atoms with Gasteiger partial charge in [-0.25, -0.2) is 0 Å². The second-order valence-electron chi connectivity index (χ2n) is 2.59. The van der Waals surface area contributed by atoms with E-state index in [9.17, 15) is 0 Å². The lowest BCUT2D eigenvalue weighted by atomic mass is 10.7. The van der Waals surface area contributed by atoms with Gasteiger partial charge in [0, 0.05) is 6.61 Å². The Kier molecular flexibility index (Phi) is 2.85. The lowest BCUT2D eigenvalue weighted by molar-refractivity contribution is -0.119. The number of hydrogen-bond acceptors (Lipinski definition) is 3. The molecule has 60 valence electrons. The normalized spacial score (nSPS) is 30.9. The highest BCUT2D eigenvalue weighted by molar-refractivity contribution is 6.31. The van der Waals surface area contributed by atoms with Gasteiger partial charge in [0.25, 0.3) is 0 Å². The Labute approximate surface area is 64.9 Å². The summed E-state index contributed by atoms with van der Waals surface area (Å²) in [5.41, 5.74) is 0. The van der Waals surface area contributed by atoms with Crippen molar-refractivity contribution in [2.45, 2.75) is 20.2 Å². The minimum atomic E-state index is -0.0828. The first-order chi connectivity index (χ1) is 4.79. The molecule has 1 saturated heterocycles. The molecule has 0 aromatic rings. The molecule has 3 nitrogen and oxygen atoms in total. The maximum Gasteiger partial charge on any atom is 0.179 e. The Morgan fingerprint density at radius 2 is 2.20 bits per heavy atom. The van der Waals surface area contributed by atoms with Gasteiger partial charge in [-0.3, -0.25) is 9.13 Å². The lowest BCUT2D eigenvalue weighted by Gasteiger charge is -2.47. The van der Waals surface area contributed by atoms with Gasteiger partial charge in [0.05, 0.1) is 0 Å². The predicted molar refractivity (Wildman–Crippen MR) is 44.1 cm³/mol. The van der Waals surface area contributed by atoms with Crippen molar-refractivity contribution >= 4 is 9.84 Å². The summed E-state index contributed by atoms with van der Waals surface area (Å²) in [5.74, 6) is 0. The van der Waals surface area contributed by atoms with Gasteiger partial charge in [-0.2, -0.15) is 0 Å². The molecule has 0 amide bonds. The van der Waals surface area contributed by atoms with Gasteiger partial charge in [0.15, 0.2) is 16.2 Å². The van der Waals surface area contributed by atoms with Crippen molar-refractivity contribution in [1.29, 1.82) is 0 Å². The molecule has 0 bridgehead atoms. The molecule has 1 unspecified atom stereocenters. The highest BCUT2D eigenvalue weighted by Crippen LogP contribution is 2.13. The van der Waals surface area contributed by atoms with E-state index >= 15 is 0 Å². The minimum absolute atomic E-state index is 0.0828. The molecule has 0 radical (unpaired) electrons. The van der Waals surface area contributed by atoms with Gasteiger partial charge in [0.1, 0.15) is 0 Å². The maximum atomic E-state index is 5.48. The molecule has 1 rings (SSSR count). The van der Waals surface area contributed by atoms with E-state index in [1.807, 2.05) is 6.92 Å². The van der Waals surface area contributed by atoms with E-state index in [-0.39, 0.29) is 9.84 Å². The fourth-order valence-electron chi connectivity index (χ4n) is 1.25. The molecule has 1 fully saturated rings. The van der Waals surface area contributed by atoms with E-state index < -0.39 is 0 Å². The average Bonchev–Trinajstić information content (AvgIpc) is 1.95. The smallest absolute Gasteiger partial charge is 0.179 e. The summed E-state index contributed by atoms with van der Waals surface area (Å²) in [7, 11) is 2.05. The van der Waals surface area contributed by atoms with Crippen LogP contribution >= 0.6 is 0 Å². The topological polar surface area (TPSA) is 15.7 Å². The molecule has 4 heteroatoms. The first-order valence-corrected chi connectivity index (χ1v) is 5.12. The summed E-state index contributed by atoms with van der Waals surface area (Å²) < 4.78 is 10.2. The summed E-state index contributed by atoms with van der Waals surface area (Å²) in [6.07, 6.45) is 0.307. The molecule has 0 spiro atoms. The Balaban J connectivity index is 2.25. The molecule has 10 heavy (non-hydrogen) atoms. The third-order valence-electron chi connectivity index (χ3n) is 1.82. The van der Waals surface area contributed by atoms with E-state index in [1.165, 1.54) is 0 Å². The van der Waals surface area contributed by atoms with Crippen LogP contribution in [0.2, 0.25) is 0 Å². The molecule has 0 saturated carbocycles. The van der Waals surface area contributed by atoms with Crippen LogP contribution in [0.25, 0.3) is 0 Å². The fraction of sp³-hybridized carbons (Fsp3) is 1.00. The van der Waals surface area contributed by atoms with Gasteiger partial charge in [-0.05, 0) is 20.5 Å². The fourth-order valence-corrected chi connectivity index (χ4v) is 2.71. The summed E-state index contributed by atoms with van der Waals surface area (Å²) >= 11 is 0. The Hall–Kier alpha value is 0.0969. The molecule has 0 aromatic heterocycles. The third-order valence-corrected chi connectivity index (χ3v) is 3.70. The summed E-state index contributed by atoms with van der Waals surface area (Å²) in [6, 6.07) is 0. The molecule has 1 heterocycles. The first-order valence-electron chi connectivity index (χ1n) is 3.85. The van der Waals surface area contributed by atoms with Crippen LogP contribution in [0.5, 0.6) is 0 Å². The van der Waals surface area contributed by atoms with Crippen molar-refractivity contribution in [3.63, 3.8) is 0 Å². The molecule has 0 aromatic carbocycles. The van der Waals surface area contributed by atoms with E-state index in [0.29, 0.717) is 6.35 Å². The van der Waals surface area contributed by atoms with E-state index in [4.69, 9.17) is 4.74 Å². The molecular weight excluding hydrogens is 144 g/mol. The molecule has 1 aliphatic rings. The molecule has 0 N–H and O–H groups in total. The highest BCUT2D eigenvalue weighted by Gasteiger charge is 2.32. The van der Waals surface area contributed by atoms with Crippen LogP contribution in [0.15, 0.2) is 0 Å². The SMILES string of the molecule is CCOC1N(C)[SiH2]N1CC. The molecule has 1 atom stereocenters. The number of rotatable bonds is 3. The Morgan fingerprint density at radius 3 is 2.60 bits per heavy atom. The molecule has 1 aliphatic heterocycles. The number of ether oxygens (including phenoxy) is 1. The van der Waals surface area contributed by atoms with Gasteiger partial charge >= 0.3 is 0 Å². The first kappa shape index (κ1) is 8.20. The molecular formula is C6H16N2OSi. The van der Waals surface area contributed by atoms with Crippen LogP contribution in [-0.2, 0) is 4.74 Å². The van der Waals surface area contributed by atoms with Crippen LogP contribution in [0.3, 0.4) is 0 Å². The van der Waals surface area contributed by atoms with Crippen LogP contribution in [0.1, 0.15) is 13.8 Å². The zero-order valence-corrected chi connectivity index (χ0v) is 8.42. The minimum Gasteiger partial charge on any atom is -0.351 e. The van der Waals surface area contributed by atoms with Crippen LogP contribution in [-0.4, -0.2) is 45.5 Å². The largest absolute Gasteiger partial charge is 0.351 e. The van der Waals surface area contributed by atoms with Gasteiger partial charge in [0.2, 0.25) is 0 Å².